The molecule has 1 aliphatic heterocycles. The average molecular weight is 401 g/mol. The number of hydrogen-bond donors (Lipinski definition) is 1. The number of amides is 1. The zero-order valence-corrected chi connectivity index (χ0v) is 17.3. The van der Waals surface area contributed by atoms with Gasteiger partial charge in [-0.1, -0.05) is 60.3 Å². The first-order valence-corrected chi connectivity index (χ1v) is 10.5. The molecule has 1 fully saturated rings. The Kier molecular flexibility index (Phi) is 7.75. The van der Waals surface area contributed by atoms with Gasteiger partial charge in [0.05, 0.1) is 6.04 Å². The monoisotopic (exact) mass is 400 g/mol. The summed E-state index contributed by atoms with van der Waals surface area (Å²) in [6, 6.07) is 15.9. The van der Waals surface area contributed by atoms with Crippen molar-refractivity contribution in [3.05, 3.63) is 64.7 Å². The lowest BCUT2D eigenvalue weighted by atomic mass is 10.0. The van der Waals surface area contributed by atoms with Crippen molar-refractivity contribution in [1.29, 1.82) is 0 Å². The van der Waals surface area contributed by atoms with E-state index >= 15 is 0 Å². The number of carbonyl (C=O) groups excluding carboxylic acids is 1. The summed E-state index contributed by atoms with van der Waals surface area (Å²) in [5.41, 5.74) is 2.50. The zero-order chi connectivity index (χ0) is 19.8. The second-order valence-electron chi connectivity index (χ2n) is 7.43. The lowest BCUT2D eigenvalue weighted by molar-refractivity contribution is -0.123. The molecule has 0 bridgehead atoms. The molecule has 150 valence electrons. The van der Waals surface area contributed by atoms with Crippen LogP contribution in [0.1, 0.15) is 42.9 Å². The van der Waals surface area contributed by atoms with Gasteiger partial charge < -0.3 is 10.1 Å². The van der Waals surface area contributed by atoms with Gasteiger partial charge in [0.15, 0.2) is 6.61 Å². The molecular formula is C23H29ClN2O2. The van der Waals surface area contributed by atoms with Gasteiger partial charge in [0.2, 0.25) is 0 Å². The van der Waals surface area contributed by atoms with Crippen molar-refractivity contribution in [1.82, 2.24) is 10.2 Å². The Hall–Kier alpha value is -2.04. The zero-order valence-electron chi connectivity index (χ0n) is 16.5. The van der Waals surface area contributed by atoms with Gasteiger partial charge in [0.1, 0.15) is 5.75 Å². The van der Waals surface area contributed by atoms with Crippen LogP contribution in [-0.4, -0.2) is 37.0 Å². The lowest BCUT2D eigenvalue weighted by Gasteiger charge is -2.31. The van der Waals surface area contributed by atoms with E-state index in [1.165, 1.54) is 36.8 Å². The number of rotatable bonds is 7. The molecule has 1 amide bonds. The van der Waals surface area contributed by atoms with Crippen molar-refractivity contribution >= 4 is 17.5 Å². The van der Waals surface area contributed by atoms with Crippen LogP contribution in [0, 0.1) is 6.92 Å². The molecule has 0 unspecified atom stereocenters. The molecule has 1 N–H and O–H groups in total. The Morgan fingerprint density at radius 2 is 1.82 bits per heavy atom. The number of benzene rings is 2. The molecule has 1 atom stereocenters. The maximum absolute atomic E-state index is 12.4. The van der Waals surface area contributed by atoms with Crippen LogP contribution in [-0.2, 0) is 4.79 Å². The summed E-state index contributed by atoms with van der Waals surface area (Å²) < 4.78 is 5.56. The van der Waals surface area contributed by atoms with E-state index in [2.05, 4.69) is 41.4 Å². The maximum Gasteiger partial charge on any atom is 0.258 e. The van der Waals surface area contributed by atoms with Crippen LogP contribution in [0.3, 0.4) is 0 Å². The molecule has 4 nitrogen and oxygen atoms in total. The first-order valence-electron chi connectivity index (χ1n) is 10.1. The third-order valence-corrected chi connectivity index (χ3v) is 5.44. The number of nitrogens with zero attached hydrogens (tertiary/aromatic N) is 1. The fourth-order valence-corrected chi connectivity index (χ4v) is 3.80. The minimum atomic E-state index is -0.119. The van der Waals surface area contributed by atoms with Gasteiger partial charge in [0, 0.05) is 11.6 Å². The fourth-order valence-electron chi connectivity index (χ4n) is 3.62. The number of hydrogen-bond acceptors (Lipinski definition) is 3. The van der Waals surface area contributed by atoms with Crippen LogP contribution in [0.2, 0.25) is 5.02 Å². The molecule has 1 saturated heterocycles. The number of ether oxygens (including phenoxy) is 1. The van der Waals surface area contributed by atoms with Crippen LogP contribution in [0.15, 0.2) is 48.5 Å². The summed E-state index contributed by atoms with van der Waals surface area (Å²) in [6.45, 7) is 4.82. The third-order valence-electron chi connectivity index (χ3n) is 5.20. The first-order chi connectivity index (χ1) is 13.6. The Bertz CT molecular complexity index is 755. The molecule has 0 aromatic heterocycles. The Balaban J connectivity index is 1.60. The Morgan fingerprint density at radius 3 is 2.50 bits per heavy atom. The number of halogens is 1. The molecule has 28 heavy (non-hydrogen) atoms. The van der Waals surface area contributed by atoms with Crippen LogP contribution >= 0.6 is 11.6 Å². The van der Waals surface area contributed by atoms with Gasteiger partial charge in [-0.2, -0.15) is 0 Å². The largest absolute Gasteiger partial charge is 0.484 e. The van der Waals surface area contributed by atoms with Crippen molar-refractivity contribution in [3.63, 3.8) is 0 Å². The van der Waals surface area contributed by atoms with Crippen LogP contribution in [0.25, 0.3) is 0 Å². The highest BCUT2D eigenvalue weighted by Crippen LogP contribution is 2.24. The summed E-state index contributed by atoms with van der Waals surface area (Å²) in [7, 11) is 0. The topological polar surface area (TPSA) is 41.6 Å². The van der Waals surface area contributed by atoms with Crippen molar-refractivity contribution in [2.24, 2.45) is 0 Å². The van der Waals surface area contributed by atoms with E-state index in [1.807, 2.05) is 6.07 Å². The third kappa shape index (κ3) is 6.25. The molecule has 3 rings (SSSR count). The van der Waals surface area contributed by atoms with Crippen molar-refractivity contribution in [2.45, 2.75) is 38.6 Å². The van der Waals surface area contributed by atoms with Crippen molar-refractivity contribution in [2.75, 3.05) is 26.2 Å². The highest BCUT2D eigenvalue weighted by atomic mass is 35.5. The molecular weight excluding hydrogens is 372 g/mol. The SMILES string of the molecule is Cc1ccc([C@@H](CNC(=O)COc2cccc(Cl)c2)N2CCCCCC2)cc1. The standard InChI is InChI=1S/C23H29ClN2O2/c1-18-9-11-19(12-10-18)22(26-13-4-2-3-5-14-26)16-25-23(27)17-28-21-8-6-7-20(24)15-21/h6-12,15,22H,2-5,13-14,16-17H2,1H3,(H,25,27)/t22-/m1/s1. The minimum absolute atomic E-state index is 0.0129. The summed E-state index contributed by atoms with van der Waals surface area (Å²) >= 11 is 5.96. The molecule has 0 radical (unpaired) electrons. The second-order valence-corrected chi connectivity index (χ2v) is 7.86. The van der Waals surface area contributed by atoms with Gasteiger partial charge in [-0.3, -0.25) is 9.69 Å². The van der Waals surface area contributed by atoms with E-state index in [4.69, 9.17) is 16.3 Å². The summed E-state index contributed by atoms with van der Waals surface area (Å²) in [4.78, 5) is 14.9. The average Bonchev–Trinajstić information content (AvgIpc) is 2.97. The van der Waals surface area contributed by atoms with Gasteiger partial charge in [0.25, 0.3) is 5.91 Å². The fraction of sp³-hybridized carbons (Fsp3) is 0.435. The molecule has 2 aromatic carbocycles. The van der Waals surface area contributed by atoms with Crippen LogP contribution in [0.5, 0.6) is 5.75 Å². The summed E-state index contributed by atoms with van der Waals surface area (Å²) in [6.07, 6.45) is 5.01. The smallest absolute Gasteiger partial charge is 0.258 e. The van der Waals surface area contributed by atoms with Crippen LogP contribution in [0.4, 0.5) is 0 Å². The molecule has 1 aliphatic rings. The number of aryl methyl sites for hydroxylation is 1. The molecule has 2 aromatic rings. The van der Waals surface area contributed by atoms with E-state index in [-0.39, 0.29) is 18.6 Å². The van der Waals surface area contributed by atoms with Gasteiger partial charge in [-0.05, 0) is 56.6 Å². The van der Waals surface area contributed by atoms with E-state index in [1.54, 1.807) is 18.2 Å². The van der Waals surface area contributed by atoms with E-state index in [0.717, 1.165) is 13.1 Å². The van der Waals surface area contributed by atoms with Crippen molar-refractivity contribution in [3.8, 4) is 5.75 Å². The lowest BCUT2D eigenvalue weighted by Crippen LogP contribution is -2.40. The summed E-state index contributed by atoms with van der Waals surface area (Å²) in [5, 5.41) is 3.66. The maximum atomic E-state index is 12.4. The molecule has 1 heterocycles. The van der Waals surface area contributed by atoms with Gasteiger partial charge in [-0.25, -0.2) is 0 Å². The summed E-state index contributed by atoms with van der Waals surface area (Å²) in [5.74, 6) is 0.483. The first kappa shape index (κ1) is 20.7. The number of nitrogens with one attached hydrogen (secondary N) is 1. The number of carbonyl (C=O) groups is 1. The van der Waals surface area contributed by atoms with Crippen LogP contribution < -0.4 is 10.1 Å². The van der Waals surface area contributed by atoms with Gasteiger partial charge >= 0.3 is 0 Å². The van der Waals surface area contributed by atoms with E-state index < -0.39 is 0 Å². The molecule has 0 aliphatic carbocycles. The van der Waals surface area contributed by atoms with E-state index in [0.29, 0.717) is 17.3 Å². The van der Waals surface area contributed by atoms with E-state index in [9.17, 15) is 4.79 Å². The predicted molar refractivity (Wildman–Crippen MR) is 114 cm³/mol. The molecule has 5 heteroatoms. The normalized spacial score (nSPS) is 16.2. The van der Waals surface area contributed by atoms with Gasteiger partial charge in [-0.15, -0.1) is 0 Å². The molecule has 0 saturated carbocycles. The number of likely N-dealkylation sites (tertiary alicyclic amines) is 1. The quantitative estimate of drug-likeness (QED) is 0.728. The van der Waals surface area contributed by atoms with Crippen molar-refractivity contribution < 1.29 is 9.53 Å². The molecule has 0 spiro atoms. The Morgan fingerprint density at radius 1 is 1.11 bits per heavy atom. The Labute approximate surface area is 172 Å². The second kappa shape index (κ2) is 10.5. The minimum Gasteiger partial charge on any atom is -0.484 e. The highest BCUT2D eigenvalue weighted by Gasteiger charge is 2.22. The highest BCUT2D eigenvalue weighted by molar-refractivity contribution is 6.30. The predicted octanol–water partition coefficient (Wildman–Crippen LogP) is 4.76.